The highest BCUT2D eigenvalue weighted by atomic mass is 32.2. The number of thioether (sulfide) groups is 1. The van der Waals surface area contributed by atoms with Crippen molar-refractivity contribution in [1.29, 1.82) is 0 Å². The van der Waals surface area contributed by atoms with Gasteiger partial charge in [-0.3, -0.25) is 0 Å². The molecule has 20 heavy (non-hydrogen) atoms. The molecule has 1 aromatic rings. The number of aromatic nitrogens is 2. The van der Waals surface area contributed by atoms with E-state index in [-0.39, 0.29) is 0 Å². The van der Waals surface area contributed by atoms with Crippen molar-refractivity contribution in [1.82, 2.24) is 14.5 Å². The third-order valence-electron chi connectivity index (χ3n) is 3.01. The highest BCUT2D eigenvalue weighted by Gasteiger charge is 2.24. The van der Waals surface area contributed by atoms with Crippen LogP contribution in [0.15, 0.2) is 17.2 Å². The van der Waals surface area contributed by atoms with E-state index in [2.05, 4.69) is 28.9 Å². The van der Waals surface area contributed by atoms with Gasteiger partial charge in [0.15, 0.2) is 5.82 Å². The smallest absolute Gasteiger partial charge is 0.211 e. The molecule has 2 rings (SSSR count). The van der Waals surface area contributed by atoms with E-state index in [0.717, 1.165) is 10.8 Å². The molecule has 1 saturated heterocycles. The Labute approximate surface area is 124 Å². The molecule has 0 aliphatic carbocycles. The van der Waals surface area contributed by atoms with Crippen LogP contribution in [0.2, 0.25) is 0 Å². The average Bonchev–Trinajstić information content (AvgIpc) is 2.38. The van der Waals surface area contributed by atoms with E-state index in [0.29, 0.717) is 31.4 Å². The Balaban J connectivity index is 1.97. The number of sulfonamides is 1. The van der Waals surface area contributed by atoms with Crippen molar-refractivity contribution in [3.63, 3.8) is 0 Å². The molecule has 1 aromatic heterocycles. The predicted molar refractivity (Wildman–Crippen MR) is 81.7 cm³/mol. The van der Waals surface area contributed by atoms with E-state index in [1.165, 1.54) is 10.6 Å². The number of rotatable bonds is 4. The lowest BCUT2D eigenvalue weighted by Gasteiger charge is -2.33. The first-order valence-corrected chi connectivity index (χ1v) is 9.29. The van der Waals surface area contributed by atoms with Crippen LogP contribution >= 0.6 is 11.8 Å². The van der Waals surface area contributed by atoms with Gasteiger partial charge in [-0.25, -0.2) is 8.42 Å². The molecule has 0 N–H and O–H groups in total. The van der Waals surface area contributed by atoms with Gasteiger partial charge in [0.2, 0.25) is 10.0 Å². The summed E-state index contributed by atoms with van der Waals surface area (Å²) >= 11 is 1.68. The first-order valence-electron chi connectivity index (χ1n) is 6.57. The second-order valence-electron chi connectivity index (χ2n) is 5.05. The Hall–Kier alpha value is -0.860. The molecule has 6 nitrogen and oxygen atoms in total. The number of piperazine rings is 1. The molecule has 0 unspecified atom stereocenters. The summed E-state index contributed by atoms with van der Waals surface area (Å²) in [6, 6.07) is 3.92. The van der Waals surface area contributed by atoms with Gasteiger partial charge >= 0.3 is 0 Å². The molecule has 0 spiro atoms. The van der Waals surface area contributed by atoms with E-state index >= 15 is 0 Å². The van der Waals surface area contributed by atoms with Gasteiger partial charge in [-0.2, -0.15) is 4.31 Å². The second kappa shape index (κ2) is 6.28. The fraction of sp³-hybridized carbons (Fsp3) is 0.667. The van der Waals surface area contributed by atoms with Crippen molar-refractivity contribution in [3.8, 4) is 0 Å². The van der Waals surface area contributed by atoms with Crippen LogP contribution < -0.4 is 4.90 Å². The highest BCUT2D eigenvalue weighted by molar-refractivity contribution is 7.99. The molecule has 0 bridgehead atoms. The topological polar surface area (TPSA) is 66.4 Å². The van der Waals surface area contributed by atoms with Crippen LogP contribution in [-0.4, -0.2) is 60.6 Å². The van der Waals surface area contributed by atoms with Gasteiger partial charge in [0, 0.05) is 31.4 Å². The molecule has 2 heterocycles. The van der Waals surface area contributed by atoms with Crippen molar-refractivity contribution < 1.29 is 8.42 Å². The molecule has 1 aliphatic rings. The molecule has 0 radical (unpaired) electrons. The van der Waals surface area contributed by atoms with Gasteiger partial charge < -0.3 is 4.90 Å². The summed E-state index contributed by atoms with van der Waals surface area (Å²) in [7, 11) is -3.08. The summed E-state index contributed by atoms with van der Waals surface area (Å²) in [5.41, 5.74) is 0. The standard InChI is InChI=1S/C12H20N4O2S2/c1-10(2)19-12-5-4-11(13-14-12)15-6-8-16(9-7-15)20(3,17)18/h4-5,10H,6-9H2,1-3H3. The molecule has 0 amide bonds. The van der Waals surface area contributed by atoms with Crippen LogP contribution in [-0.2, 0) is 10.0 Å². The quantitative estimate of drug-likeness (QED) is 0.774. The van der Waals surface area contributed by atoms with Gasteiger partial charge in [0.25, 0.3) is 0 Å². The van der Waals surface area contributed by atoms with Gasteiger partial charge in [-0.15, -0.1) is 22.0 Å². The van der Waals surface area contributed by atoms with Crippen molar-refractivity contribution in [2.75, 3.05) is 37.3 Å². The van der Waals surface area contributed by atoms with Gasteiger partial charge in [-0.1, -0.05) is 13.8 Å². The molecule has 0 aromatic carbocycles. The maximum atomic E-state index is 11.5. The lowest BCUT2D eigenvalue weighted by molar-refractivity contribution is 0.386. The second-order valence-corrected chi connectivity index (χ2v) is 8.62. The number of hydrogen-bond acceptors (Lipinski definition) is 6. The van der Waals surface area contributed by atoms with E-state index in [1.54, 1.807) is 11.8 Å². The lowest BCUT2D eigenvalue weighted by atomic mass is 10.3. The summed E-state index contributed by atoms with van der Waals surface area (Å²) in [6.45, 7) is 6.54. The van der Waals surface area contributed by atoms with Crippen LogP contribution in [0.25, 0.3) is 0 Å². The van der Waals surface area contributed by atoms with Crippen molar-refractivity contribution >= 4 is 27.6 Å². The minimum atomic E-state index is -3.08. The zero-order valence-electron chi connectivity index (χ0n) is 12.0. The lowest BCUT2D eigenvalue weighted by Crippen LogP contribution is -2.48. The van der Waals surface area contributed by atoms with E-state index < -0.39 is 10.0 Å². The monoisotopic (exact) mass is 316 g/mol. The maximum Gasteiger partial charge on any atom is 0.211 e. The van der Waals surface area contributed by atoms with E-state index in [9.17, 15) is 8.42 Å². The van der Waals surface area contributed by atoms with Crippen LogP contribution in [0, 0.1) is 0 Å². The minimum absolute atomic E-state index is 0.480. The van der Waals surface area contributed by atoms with Crippen LogP contribution in [0.5, 0.6) is 0 Å². The Bertz CT molecular complexity index is 537. The number of anilines is 1. The van der Waals surface area contributed by atoms with Gasteiger partial charge in [0.1, 0.15) is 5.03 Å². The molecular weight excluding hydrogens is 296 g/mol. The summed E-state index contributed by atoms with van der Waals surface area (Å²) in [4.78, 5) is 2.07. The summed E-state index contributed by atoms with van der Waals surface area (Å²) in [5.74, 6) is 0.811. The van der Waals surface area contributed by atoms with E-state index in [4.69, 9.17) is 0 Å². The molecule has 0 saturated carbocycles. The fourth-order valence-corrected chi connectivity index (χ4v) is 3.58. The molecule has 1 fully saturated rings. The summed E-state index contributed by atoms with van der Waals surface area (Å²) in [5, 5.41) is 9.83. The Morgan fingerprint density at radius 3 is 2.25 bits per heavy atom. The van der Waals surface area contributed by atoms with Crippen molar-refractivity contribution in [3.05, 3.63) is 12.1 Å². The SMILES string of the molecule is CC(C)Sc1ccc(N2CCN(S(C)(=O)=O)CC2)nn1. The van der Waals surface area contributed by atoms with Crippen LogP contribution in [0.4, 0.5) is 5.82 Å². The first kappa shape index (κ1) is 15.5. The van der Waals surface area contributed by atoms with Crippen LogP contribution in [0.1, 0.15) is 13.8 Å². The zero-order valence-corrected chi connectivity index (χ0v) is 13.6. The normalized spacial score (nSPS) is 17.7. The van der Waals surface area contributed by atoms with E-state index in [1.807, 2.05) is 12.1 Å². The molecule has 8 heteroatoms. The molecule has 112 valence electrons. The third-order valence-corrected chi connectivity index (χ3v) is 5.25. The van der Waals surface area contributed by atoms with Crippen molar-refractivity contribution in [2.24, 2.45) is 0 Å². The predicted octanol–water partition coefficient (Wildman–Crippen LogP) is 1.06. The molecular formula is C12H20N4O2S2. The highest BCUT2D eigenvalue weighted by Crippen LogP contribution is 2.22. The van der Waals surface area contributed by atoms with Crippen molar-refractivity contribution in [2.45, 2.75) is 24.1 Å². The molecule has 0 atom stereocenters. The van der Waals surface area contributed by atoms with Crippen LogP contribution in [0.3, 0.4) is 0 Å². The third kappa shape index (κ3) is 4.07. The van der Waals surface area contributed by atoms with Gasteiger partial charge in [0.05, 0.1) is 6.26 Å². The number of hydrogen-bond donors (Lipinski definition) is 0. The largest absolute Gasteiger partial charge is 0.352 e. The maximum absolute atomic E-state index is 11.5. The summed E-state index contributed by atoms with van der Waals surface area (Å²) in [6.07, 6.45) is 1.25. The van der Waals surface area contributed by atoms with Gasteiger partial charge in [-0.05, 0) is 12.1 Å². The Morgan fingerprint density at radius 1 is 1.15 bits per heavy atom. The average molecular weight is 316 g/mol. The minimum Gasteiger partial charge on any atom is -0.352 e. The summed E-state index contributed by atoms with van der Waals surface area (Å²) < 4.78 is 24.4. The Morgan fingerprint density at radius 2 is 1.80 bits per heavy atom. The first-order chi connectivity index (χ1) is 9.36. The fourth-order valence-electron chi connectivity index (χ4n) is 2.03. The zero-order chi connectivity index (χ0) is 14.8. The Kier molecular flexibility index (Phi) is 4.87. The number of nitrogens with zero attached hydrogens (tertiary/aromatic N) is 4. The molecule has 1 aliphatic heterocycles.